The van der Waals surface area contributed by atoms with Crippen LogP contribution in [0.25, 0.3) is 0 Å². The monoisotopic (exact) mass is 316 g/mol. The second kappa shape index (κ2) is 7.42. The minimum atomic E-state index is -0.558. The first-order chi connectivity index (χ1) is 10.6. The molecule has 2 N–H and O–H groups in total. The lowest BCUT2D eigenvalue weighted by atomic mass is 10.2. The number of hydrogen-bond donors (Lipinski definition) is 2. The van der Waals surface area contributed by atoms with Crippen LogP contribution in [0.4, 0.5) is 16.2 Å². The van der Waals surface area contributed by atoms with E-state index in [0.717, 1.165) is 5.56 Å². The highest BCUT2D eigenvalue weighted by atomic mass is 32.1. The molecular weight excluding hydrogens is 300 g/mol. The van der Waals surface area contributed by atoms with Crippen molar-refractivity contribution < 1.29 is 14.3 Å². The van der Waals surface area contributed by atoms with Crippen LogP contribution in [0.5, 0.6) is 5.75 Å². The van der Waals surface area contributed by atoms with Crippen LogP contribution in [0.2, 0.25) is 0 Å². The maximum absolute atomic E-state index is 11.9. The molecule has 0 heterocycles. The smallest absolute Gasteiger partial charge is 0.417 e. The molecule has 1 amide bonds. The van der Waals surface area contributed by atoms with Crippen LogP contribution in [0.15, 0.2) is 48.5 Å². The quantitative estimate of drug-likeness (QED) is 0.840. The number of nitrogens with one attached hydrogen (secondary N) is 2. The molecule has 0 saturated carbocycles. The predicted molar refractivity (Wildman–Crippen MR) is 90.5 cm³/mol. The van der Waals surface area contributed by atoms with Gasteiger partial charge in [0, 0.05) is 17.4 Å². The summed E-state index contributed by atoms with van der Waals surface area (Å²) in [5.74, 6) is 0.397. The Hall–Kier alpha value is -2.60. The Kier molecular flexibility index (Phi) is 5.32. The van der Waals surface area contributed by atoms with E-state index in [1.54, 1.807) is 30.3 Å². The Labute approximate surface area is 134 Å². The predicted octanol–water partition coefficient (Wildman–Crippen LogP) is 3.95. The Morgan fingerprint density at radius 3 is 2.41 bits per heavy atom. The zero-order chi connectivity index (χ0) is 15.9. The van der Waals surface area contributed by atoms with Crippen LogP contribution in [0.3, 0.4) is 0 Å². The Morgan fingerprint density at radius 1 is 1.05 bits per heavy atom. The number of hydrogen-bond acceptors (Lipinski definition) is 4. The highest BCUT2D eigenvalue weighted by molar-refractivity contribution is 7.80. The van der Waals surface area contributed by atoms with E-state index in [2.05, 4.69) is 10.6 Å². The van der Waals surface area contributed by atoms with Crippen molar-refractivity contribution in [1.82, 2.24) is 0 Å². The summed E-state index contributed by atoms with van der Waals surface area (Å²) in [7, 11) is 1.48. The van der Waals surface area contributed by atoms with E-state index in [4.69, 9.17) is 21.7 Å². The van der Waals surface area contributed by atoms with Crippen LogP contribution in [0, 0.1) is 6.92 Å². The molecule has 0 bridgehead atoms. The average Bonchev–Trinajstić information content (AvgIpc) is 2.47. The highest BCUT2D eigenvalue weighted by Crippen LogP contribution is 2.18. The number of thiocarbonyl (C=S) groups is 1. The number of rotatable bonds is 3. The SMILES string of the molecule is COC(=S)Nc1cccc(OC(=O)Nc2cccc(C)c2)c1. The molecule has 2 aromatic rings. The molecule has 0 atom stereocenters. The number of aryl methyl sites for hydroxylation is 1. The molecule has 0 unspecified atom stereocenters. The number of methoxy groups -OCH3 is 1. The van der Waals surface area contributed by atoms with Crippen molar-refractivity contribution >= 4 is 34.9 Å². The molecule has 0 aliphatic rings. The number of carbonyl (C=O) groups is 1. The fraction of sp³-hybridized carbons (Fsp3) is 0.125. The van der Waals surface area contributed by atoms with Crippen molar-refractivity contribution in [3.63, 3.8) is 0 Å². The van der Waals surface area contributed by atoms with Crippen molar-refractivity contribution in [3.8, 4) is 5.75 Å². The molecule has 2 aromatic carbocycles. The molecule has 6 heteroatoms. The van der Waals surface area contributed by atoms with Gasteiger partial charge in [0.15, 0.2) is 0 Å². The summed E-state index contributed by atoms with van der Waals surface area (Å²) in [6.07, 6.45) is -0.558. The summed E-state index contributed by atoms with van der Waals surface area (Å²) in [6, 6.07) is 14.3. The first-order valence-electron chi connectivity index (χ1n) is 6.57. The van der Waals surface area contributed by atoms with Crippen LogP contribution >= 0.6 is 12.2 Å². The topological polar surface area (TPSA) is 59.6 Å². The van der Waals surface area contributed by atoms with Gasteiger partial charge in [-0.05, 0) is 49.0 Å². The second-order valence-corrected chi connectivity index (χ2v) is 4.90. The second-order valence-electron chi connectivity index (χ2n) is 4.53. The van der Waals surface area contributed by atoms with E-state index in [1.807, 2.05) is 25.1 Å². The molecule has 5 nitrogen and oxygen atoms in total. The molecule has 0 spiro atoms. The Balaban J connectivity index is 1.99. The van der Waals surface area contributed by atoms with Gasteiger partial charge in [-0.25, -0.2) is 4.79 Å². The van der Waals surface area contributed by atoms with Gasteiger partial charge in [-0.1, -0.05) is 18.2 Å². The molecule has 22 heavy (non-hydrogen) atoms. The number of amides is 1. The molecular formula is C16H16N2O3S. The third-order valence-corrected chi connectivity index (χ3v) is 3.01. The Morgan fingerprint density at radius 2 is 1.73 bits per heavy atom. The van der Waals surface area contributed by atoms with Crippen molar-refractivity contribution in [1.29, 1.82) is 0 Å². The van der Waals surface area contributed by atoms with E-state index < -0.39 is 6.09 Å². The molecule has 2 rings (SSSR count). The third-order valence-electron chi connectivity index (χ3n) is 2.74. The average molecular weight is 316 g/mol. The first kappa shape index (κ1) is 15.8. The number of ether oxygens (including phenoxy) is 2. The van der Waals surface area contributed by atoms with Gasteiger partial charge in [0.1, 0.15) is 5.75 Å². The third kappa shape index (κ3) is 4.75. The lowest BCUT2D eigenvalue weighted by Gasteiger charge is -2.09. The summed E-state index contributed by atoms with van der Waals surface area (Å²) in [5, 5.41) is 5.77. The van der Waals surface area contributed by atoms with E-state index in [0.29, 0.717) is 17.1 Å². The van der Waals surface area contributed by atoms with Gasteiger partial charge >= 0.3 is 6.09 Å². The fourth-order valence-corrected chi connectivity index (χ4v) is 1.90. The van der Waals surface area contributed by atoms with Gasteiger partial charge in [-0.3, -0.25) is 5.32 Å². The standard InChI is InChI=1S/C16H16N2O3S/c1-11-5-3-6-12(9-11)17-15(19)21-14-8-4-7-13(10-14)18-16(22)20-2/h3-10H,1-2H3,(H,17,19)(H,18,22). The summed E-state index contributed by atoms with van der Waals surface area (Å²) >= 11 is 4.91. The Bertz CT molecular complexity index is 689. The molecule has 114 valence electrons. The van der Waals surface area contributed by atoms with Crippen molar-refractivity contribution in [2.45, 2.75) is 6.92 Å². The van der Waals surface area contributed by atoms with Crippen molar-refractivity contribution in [2.75, 3.05) is 17.7 Å². The number of anilines is 2. The van der Waals surface area contributed by atoms with Crippen molar-refractivity contribution in [3.05, 3.63) is 54.1 Å². The van der Waals surface area contributed by atoms with E-state index in [1.165, 1.54) is 7.11 Å². The first-order valence-corrected chi connectivity index (χ1v) is 6.98. The maximum atomic E-state index is 11.9. The van der Waals surface area contributed by atoms with E-state index in [9.17, 15) is 4.79 Å². The normalized spacial score (nSPS) is 9.73. The van der Waals surface area contributed by atoms with Crippen molar-refractivity contribution in [2.24, 2.45) is 0 Å². The van der Waals surface area contributed by atoms with Crippen LogP contribution in [-0.4, -0.2) is 18.4 Å². The van der Waals surface area contributed by atoms with Gasteiger partial charge in [0.2, 0.25) is 0 Å². The lowest BCUT2D eigenvalue weighted by molar-refractivity contribution is 0.215. The van der Waals surface area contributed by atoms with Crippen LogP contribution in [0.1, 0.15) is 5.56 Å². The minimum absolute atomic E-state index is 0.237. The number of carbonyl (C=O) groups excluding carboxylic acids is 1. The summed E-state index contributed by atoms with van der Waals surface area (Å²) in [6.45, 7) is 1.95. The van der Waals surface area contributed by atoms with Crippen LogP contribution < -0.4 is 15.4 Å². The van der Waals surface area contributed by atoms with Gasteiger partial charge in [-0.2, -0.15) is 0 Å². The van der Waals surface area contributed by atoms with Gasteiger partial charge < -0.3 is 14.8 Å². The molecule has 0 radical (unpaired) electrons. The zero-order valence-corrected chi connectivity index (χ0v) is 13.1. The summed E-state index contributed by atoms with van der Waals surface area (Å²) in [5.41, 5.74) is 2.41. The fourth-order valence-electron chi connectivity index (χ4n) is 1.78. The molecule has 0 saturated heterocycles. The molecule has 0 aromatic heterocycles. The van der Waals surface area contributed by atoms with Gasteiger partial charge in [-0.15, -0.1) is 0 Å². The molecule has 0 fully saturated rings. The number of benzene rings is 2. The van der Waals surface area contributed by atoms with E-state index in [-0.39, 0.29) is 5.17 Å². The largest absolute Gasteiger partial charge is 0.474 e. The van der Waals surface area contributed by atoms with E-state index >= 15 is 0 Å². The maximum Gasteiger partial charge on any atom is 0.417 e. The minimum Gasteiger partial charge on any atom is -0.474 e. The van der Waals surface area contributed by atoms with Crippen LogP contribution in [-0.2, 0) is 4.74 Å². The summed E-state index contributed by atoms with van der Waals surface area (Å²) in [4.78, 5) is 11.9. The highest BCUT2D eigenvalue weighted by Gasteiger charge is 2.06. The van der Waals surface area contributed by atoms with Gasteiger partial charge in [0.25, 0.3) is 5.17 Å². The molecule has 0 aliphatic heterocycles. The molecule has 0 aliphatic carbocycles. The summed E-state index contributed by atoms with van der Waals surface area (Å²) < 4.78 is 10.1. The van der Waals surface area contributed by atoms with Gasteiger partial charge in [0.05, 0.1) is 7.11 Å². The zero-order valence-electron chi connectivity index (χ0n) is 12.3. The lowest BCUT2D eigenvalue weighted by Crippen LogP contribution is -2.17.